The first-order valence-electron chi connectivity index (χ1n) is 8.54. The SMILES string of the molecule is O=[N+]([O-])c1ccc2c(c1)/C(=C\c1ccccc1O)c1cc([N+](=O)[O-])cc([N+](=O)[O-])c1-2. The third kappa shape index (κ3) is 2.92. The first-order valence-corrected chi connectivity index (χ1v) is 8.54. The van der Waals surface area contributed by atoms with Crippen LogP contribution in [-0.4, -0.2) is 19.9 Å². The molecule has 0 bridgehead atoms. The number of aromatic hydroxyl groups is 1. The zero-order valence-electron chi connectivity index (χ0n) is 15.0. The second kappa shape index (κ2) is 6.78. The van der Waals surface area contributed by atoms with Crippen molar-refractivity contribution in [2.45, 2.75) is 0 Å². The third-order valence-corrected chi connectivity index (χ3v) is 4.81. The highest BCUT2D eigenvalue weighted by molar-refractivity contribution is 6.10. The van der Waals surface area contributed by atoms with Crippen LogP contribution in [0.1, 0.15) is 16.7 Å². The molecule has 0 amide bonds. The Kier molecular flexibility index (Phi) is 4.24. The standard InChI is InChI=1S/C20H11N3O7/c24-19-4-2-1-3-11(19)7-15-16-8-12(21(25)26)5-6-14(16)20-17(15)9-13(22(27)28)10-18(20)23(29)30/h1-10,24H/b15-7+. The van der Waals surface area contributed by atoms with Gasteiger partial charge in [0.1, 0.15) is 5.75 Å². The summed E-state index contributed by atoms with van der Waals surface area (Å²) in [5.74, 6) is -0.0784. The van der Waals surface area contributed by atoms with Crippen molar-refractivity contribution in [2.24, 2.45) is 0 Å². The van der Waals surface area contributed by atoms with E-state index in [1.165, 1.54) is 36.4 Å². The minimum absolute atomic E-state index is 0.0784. The fourth-order valence-electron chi connectivity index (χ4n) is 3.51. The number of nitrogens with zero attached hydrogens (tertiary/aromatic N) is 3. The molecule has 0 unspecified atom stereocenters. The molecule has 4 rings (SSSR count). The van der Waals surface area contributed by atoms with Gasteiger partial charge in [-0.25, -0.2) is 0 Å². The third-order valence-electron chi connectivity index (χ3n) is 4.81. The molecule has 0 aromatic heterocycles. The number of nitro benzene ring substituents is 3. The Balaban J connectivity index is 2.11. The average Bonchev–Trinajstić information content (AvgIpc) is 3.01. The van der Waals surface area contributed by atoms with Crippen LogP contribution in [0.4, 0.5) is 17.1 Å². The van der Waals surface area contributed by atoms with Crippen LogP contribution in [0.5, 0.6) is 5.75 Å². The van der Waals surface area contributed by atoms with Crippen LogP contribution < -0.4 is 0 Å². The number of rotatable bonds is 4. The molecule has 0 atom stereocenters. The maximum Gasteiger partial charge on any atom is 0.284 e. The van der Waals surface area contributed by atoms with Gasteiger partial charge < -0.3 is 5.11 Å². The number of para-hydroxylation sites is 1. The number of nitro groups is 3. The van der Waals surface area contributed by atoms with Gasteiger partial charge in [-0.15, -0.1) is 0 Å². The largest absolute Gasteiger partial charge is 0.507 e. The molecular weight excluding hydrogens is 394 g/mol. The average molecular weight is 405 g/mol. The molecule has 3 aromatic rings. The van der Waals surface area contributed by atoms with Crippen LogP contribution in [-0.2, 0) is 0 Å². The van der Waals surface area contributed by atoms with Gasteiger partial charge in [0.05, 0.1) is 26.4 Å². The molecule has 1 N–H and O–H groups in total. The summed E-state index contributed by atoms with van der Waals surface area (Å²) in [6, 6.07) is 12.2. The van der Waals surface area contributed by atoms with Gasteiger partial charge in [-0.2, -0.15) is 0 Å². The summed E-state index contributed by atoms with van der Waals surface area (Å²) in [6.07, 6.45) is 1.50. The quantitative estimate of drug-likeness (QED) is 0.382. The van der Waals surface area contributed by atoms with E-state index in [0.29, 0.717) is 22.3 Å². The van der Waals surface area contributed by atoms with Crippen molar-refractivity contribution in [1.29, 1.82) is 0 Å². The lowest BCUT2D eigenvalue weighted by Crippen LogP contribution is -1.96. The van der Waals surface area contributed by atoms with Gasteiger partial charge >= 0.3 is 0 Å². The molecule has 0 aliphatic heterocycles. The summed E-state index contributed by atoms with van der Waals surface area (Å²) in [5.41, 5.74) is 0.448. The van der Waals surface area contributed by atoms with Gasteiger partial charge in [-0.3, -0.25) is 30.3 Å². The number of fused-ring (bicyclic) bond motifs is 3. The van der Waals surface area contributed by atoms with Crippen LogP contribution >= 0.6 is 0 Å². The summed E-state index contributed by atoms with van der Waals surface area (Å²) in [4.78, 5) is 32.2. The fraction of sp³-hybridized carbons (Fsp3) is 0. The van der Waals surface area contributed by atoms with Gasteiger partial charge in [-0.1, -0.05) is 18.2 Å². The Morgan fingerprint density at radius 1 is 0.733 bits per heavy atom. The Morgan fingerprint density at radius 3 is 2.03 bits per heavy atom. The van der Waals surface area contributed by atoms with Gasteiger partial charge in [-0.05, 0) is 34.9 Å². The number of benzene rings is 3. The molecule has 0 saturated carbocycles. The lowest BCUT2D eigenvalue weighted by atomic mass is 9.99. The molecule has 10 nitrogen and oxygen atoms in total. The van der Waals surface area contributed by atoms with Crippen LogP contribution in [0.25, 0.3) is 22.8 Å². The molecule has 0 saturated heterocycles. The van der Waals surface area contributed by atoms with E-state index in [-0.39, 0.29) is 22.6 Å². The molecular formula is C20H11N3O7. The summed E-state index contributed by atoms with van der Waals surface area (Å²) >= 11 is 0. The van der Waals surface area contributed by atoms with E-state index in [2.05, 4.69) is 0 Å². The minimum Gasteiger partial charge on any atom is -0.507 e. The number of phenolic OH excluding ortho intramolecular Hbond substituents is 1. The number of hydrogen-bond donors (Lipinski definition) is 1. The Bertz CT molecular complexity index is 1300. The maximum absolute atomic E-state index is 11.7. The molecule has 0 radical (unpaired) electrons. The van der Waals surface area contributed by atoms with Gasteiger partial charge in [0, 0.05) is 29.3 Å². The molecule has 30 heavy (non-hydrogen) atoms. The lowest BCUT2D eigenvalue weighted by Gasteiger charge is -2.05. The molecule has 148 valence electrons. The highest BCUT2D eigenvalue weighted by Crippen LogP contribution is 2.51. The smallest absolute Gasteiger partial charge is 0.284 e. The lowest BCUT2D eigenvalue weighted by molar-refractivity contribution is -0.393. The second-order valence-electron chi connectivity index (χ2n) is 6.51. The van der Waals surface area contributed by atoms with Crippen molar-refractivity contribution in [3.63, 3.8) is 0 Å². The van der Waals surface area contributed by atoms with E-state index in [1.807, 2.05) is 0 Å². The van der Waals surface area contributed by atoms with E-state index >= 15 is 0 Å². The molecule has 1 aliphatic carbocycles. The first kappa shape index (κ1) is 18.7. The van der Waals surface area contributed by atoms with Crippen LogP contribution in [0, 0.1) is 30.3 Å². The van der Waals surface area contributed by atoms with Gasteiger partial charge in [0.25, 0.3) is 17.1 Å². The predicted molar refractivity (Wildman–Crippen MR) is 107 cm³/mol. The fourth-order valence-corrected chi connectivity index (χ4v) is 3.51. The normalized spacial score (nSPS) is 13.0. The van der Waals surface area contributed by atoms with Crippen LogP contribution in [0.3, 0.4) is 0 Å². The Morgan fingerprint density at radius 2 is 1.40 bits per heavy atom. The van der Waals surface area contributed by atoms with E-state index in [1.54, 1.807) is 18.2 Å². The topological polar surface area (TPSA) is 150 Å². The van der Waals surface area contributed by atoms with Crippen molar-refractivity contribution in [3.8, 4) is 16.9 Å². The van der Waals surface area contributed by atoms with E-state index < -0.39 is 26.1 Å². The van der Waals surface area contributed by atoms with Gasteiger partial charge in [0.2, 0.25) is 0 Å². The summed E-state index contributed by atoms with van der Waals surface area (Å²) in [6.45, 7) is 0. The minimum atomic E-state index is -0.740. The molecule has 0 spiro atoms. The molecule has 1 aliphatic rings. The summed E-state index contributed by atoms with van der Waals surface area (Å²) < 4.78 is 0. The summed E-state index contributed by atoms with van der Waals surface area (Å²) in [7, 11) is 0. The van der Waals surface area contributed by atoms with E-state index in [4.69, 9.17) is 0 Å². The first-order chi connectivity index (χ1) is 14.3. The molecule has 3 aromatic carbocycles. The van der Waals surface area contributed by atoms with Crippen molar-refractivity contribution >= 4 is 28.7 Å². The predicted octanol–water partition coefficient (Wildman–Crippen LogP) is 4.69. The van der Waals surface area contributed by atoms with Crippen molar-refractivity contribution in [2.75, 3.05) is 0 Å². The number of non-ortho nitro benzene ring substituents is 2. The van der Waals surface area contributed by atoms with Crippen molar-refractivity contribution in [3.05, 3.63) is 102 Å². The zero-order valence-corrected chi connectivity index (χ0v) is 15.0. The van der Waals surface area contributed by atoms with Gasteiger partial charge in [0.15, 0.2) is 0 Å². The molecule has 10 heteroatoms. The zero-order chi connectivity index (χ0) is 21.6. The van der Waals surface area contributed by atoms with E-state index in [0.717, 1.165) is 6.07 Å². The highest BCUT2D eigenvalue weighted by Gasteiger charge is 2.34. The van der Waals surface area contributed by atoms with Crippen molar-refractivity contribution in [1.82, 2.24) is 0 Å². The number of hydrogen-bond acceptors (Lipinski definition) is 7. The highest BCUT2D eigenvalue weighted by atomic mass is 16.6. The number of phenols is 1. The Labute approximate surface area is 167 Å². The maximum atomic E-state index is 11.7. The summed E-state index contributed by atoms with van der Waals surface area (Å²) in [5, 5.41) is 44.4. The van der Waals surface area contributed by atoms with Crippen molar-refractivity contribution < 1.29 is 19.9 Å². The second-order valence-corrected chi connectivity index (χ2v) is 6.51. The van der Waals surface area contributed by atoms with Crippen LogP contribution in [0.2, 0.25) is 0 Å². The van der Waals surface area contributed by atoms with E-state index in [9.17, 15) is 35.4 Å². The Hall–Kier alpha value is -4.60. The molecule has 0 heterocycles. The monoisotopic (exact) mass is 405 g/mol. The van der Waals surface area contributed by atoms with Crippen LogP contribution in [0.15, 0.2) is 54.6 Å². The molecule has 0 fully saturated rings.